The van der Waals surface area contributed by atoms with E-state index >= 15 is 0 Å². The summed E-state index contributed by atoms with van der Waals surface area (Å²) >= 11 is 0. The predicted molar refractivity (Wildman–Crippen MR) is 89.9 cm³/mol. The maximum Gasteiger partial charge on any atom is 0.325 e. The minimum absolute atomic E-state index is 0.115. The number of Topliss-reactive ketones (excluding diaryl/α,β-unsaturated/α-hetero) is 1. The maximum atomic E-state index is 13.1. The highest BCUT2D eigenvalue weighted by atomic mass is 19.2. The quantitative estimate of drug-likeness (QED) is 0.634. The minimum atomic E-state index is -1.16. The molecule has 0 saturated carbocycles. The Kier molecular flexibility index (Phi) is 6.16. The third kappa shape index (κ3) is 4.95. The molecule has 2 aromatic carbocycles. The lowest BCUT2D eigenvalue weighted by Gasteiger charge is -2.08. The summed E-state index contributed by atoms with van der Waals surface area (Å²) < 4.78 is 30.6. The number of esters is 1. The molecule has 0 spiro atoms. The molecule has 7 heteroatoms. The summed E-state index contributed by atoms with van der Waals surface area (Å²) in [7, 11) is 0. The maximum absolute atomic E-state index is 13.1. The van der Waals surface area contributed by atoms with E-state index in [-0.39, 0.29) is 5.56 Å². The van der Waals surface area contributed by atoms with Gasteiger partial charge in [0, 0.05) is 11.1 Å². The Labute approximate surface area is 149 Å². The molecular formula is C19H17F2NO4. The second-order valence-corrected chi connectivity index (χ2v) is 5.69. The largest absolute Gasteiger partial charge is 0.456 e. The smallest absolute Gasteiger partial charge is 0.325 e. The van der Waals surface area contributed by atoms with Gasteiger partial charge in [-0.25, -0.2) is 8.78 Å². The van der Waals surface area contributed by atoms with Gasteiger partial charge in [-0.05, 0) is 55.3 Å². The van der Waals surface area contributed by atoms with Crippen molar-refractivity contribution < 1.29 is 27.9 Å². The molecular weight excluding hydrogens is 344 g/mol. The van der Waals surface area contributed by atoms with E-state index in [0.717, 1.165) is 29.3 Å². The summed E-state index contributed by atoms with van der Waals surface area (Å²) in [6.45, 7) is 2.73. The summed E-state index contributed by atoms with van der Waals surface area (Å²) in [5.41, 5.74) is 2.27. The third-order valence-electron chi connectivity index (χ3n) is 3.77. The average molecular weight is 361 g/mol. The standard InChI is InChI=1S/C19H17F2NO4/c1-11-3-4-14(7-12(11)2)19(25)22-9-18(24)26-10-17(23)13-5-6-15(20)16(21)8-13/h3-8H,9-10H2,1-2H3,(H,22,25). The van der Waals surface area contributed by atoms with Crippen molar-refractivity contribution in [2.45, 2.75) is 13.8 Å². The van der Waals surface area contributed by atoms with Crippen molar-refractivity contribution in [3.05, 3.63) is 70.3 Å². The van der Waals surface area contributed by atoms with Crippen LogP contribution in [-0.4, -0.2) is 30.8 Å². The average Bonchev–Trinajstić information content (AvgIpc) is 2.62. The number of carbonyl (C=O) groups is 3. The highest BCUT2D eigenvalue weighted by Gasteiger charge is 2.14. The molecule has 1 N–H and O–H groups in total. The van der Waals surface area contributed by atoms with Crippen LogP contribution >= 0.6 is 0 Å². The molecule has 0 aliphatic rings. The van der Waals surface area contributed by atoms with Crippen LogP contribution in [0.3, 0.4) is 0 Å². The molecule has 0 aliphatic heterocycles. The van der Waals surface area contributed by atoms with Crippen molar-refractivity contribution in [3.63, 3.8) is 0 Å². The summed E-state index contributed by atoms with van der Waals surface area (Å²) in [6, 6.07) is 7.76. The first-order valence-electron chi connectivity index (χ1n) is 7.77. The number of carbonyl (C=O) groups excluding carboxylic acids is 3. The van der Waals surface area contributed by atoms with E-state index in [1.807, 2.05) is 13.8 Å². The van der Waals surface area contributed by atoms with Crippen molar-refractivity contribution in [2.24, 2.45) is 0 Å². The van der Waals surface area contributed by atoms with Gasteiger partial charge >= 0.3 is 5.97 Å². The molecule has 0 atom stereocenters. The van der Waals surface area contributed by atoms with E-state index in [9.17, 15) is 23.2 Å². The number of aryl methyl sites for hydroxylation is 2. The third-order valence-corrected chi connectivity index (χ3v) is 3.77. The van der Waals surface area contributed by atoms with Gasteiger partial charge < -0.3 is 10.1 Å². The van der Waals surface area contributed by atoms with E-state index in [4.69, 9.17) is 4.74 Å². The normalized spacial score (nSPS) is 10.3. The van der Waals surface area contributed by atoms with Crippen molar-refractivity contribution >= 4 is 17.7 Å². The molecule has 26 heavy (non-hydrogen) atoms. The lowest BCUT2D eigenvalue weighted by Crippen LogP contribution is -2.31. The van der Waals surface area contributed by atoms with Crippen LogP contribution < -0.4 is 5.32 Å². The molecule has 0 unspecified atom stereocenters. The van der Waals surface area contributed by atoms with Crippen LogP contribution in [-0.2, 0) is 9.53 Å². The van der Waals surface area contributed by atoms with Crippen LogP contribution in [0.4, 0.5) is 8.78 Å². The van der Waals surface area contributed by atoms with Crippen molar-refractivity contribution in [1.82, 2.24) is 5.32 Å². The fraction of sp³-hybridized carbons (Fsp3) is 0.211. The SMILES string of the molecule is Cc1ccc(C(=O)NCC(=O)OCC(=O)c2ccc(F)c(F)c2)cc1C. The number of ketones is 1. The fourth-order valence-corrected chi connectivity index (χ4v) is 2.09. The van der Waals surface area contributed by atoms with E-state index in [1.54, 1.807) is 18.2 Å². The Balaban J connectivity index is 1.82. The predicted octanol–water partition coefficient (Wildman–Crippen LogP) is 2.74. The highest BCUT2D eigenvalue weighted by molar-refractivity contribution is 5.98. The van der Waals surface area contributed by atoms with Gasteiger partial charge in [-0.15, -0.1) is 0 Å². The minimum Gasteiger partial charge on any atom is -0.456 e. The fourth-order valence-electron chi connectivity index (χ4n) is 2.09. The summed E-state index contributed by atoms with van der Waals surface area (Å²) in [5, 5.41) is 2.39. The molecule has 2 rings (SSSR count). The number of benzene rings is 2. The second-order valence-electron chi connectivity index (χ2n) is 5.69. The Morgan fingerprint density at radius 3 is 2.27 bits per heavy atom. The van der Waals surface area contributed by atoms with Crippen LogP contribution in [0, 0.1) is 25.5 Å². The van der Waals surface area contributed by atoms with Gasteiger partial charge in [0.05, 0.1) is 0 Å². The first-order valence-corrected chi connectivity index (χ1v) is 7.77. The van der Waals surface area contributed by atoms with Gasteiger partial charge in [0.25, 0.3) is 5.91 Å². The molecule has 5 nitrogen and oxygen atoms in total. The molecule has 0 heterocycles. The Bertz CT molecular complexity index is 795. The molecule has 0 bridgehead atoms. The van der Waals surface area contributed by atoms with E-state index in [0.29, 0.717) is 5.56 Å². The molecule has 0 aliphatic carbocycles. The van der Waals surface area contributed by atoms with Crippen molar-refractivity contribution in [2.75, 3.05) is 13.2 Å². The van der Waals surface area contributed by atoms with Crippen LogP contribution in [0.25, 0.3) is 0 Å². The lowest BCUT2D eigenvalue weighted by molar-refractivity contribution is -0.141. The zero-order valence-electron chi connectivity index (χ0n) is 14.3. The highest BCUT2D eigenvalue weighted by Crippen LogP contribution is 2.10. The van der Waals surface area contributed by atoms with E-state index in [1.165, 1.54) is 0 Å². The number of rotatable bonds is 6. The van der Waals surface area contributed by atoms with Gasteiger partial charge in [-0.3, -0.25) is 14.4 Å². The van der Waals surface area contributed by atoms with Crippen LogP contribution in [0.2, 0.25) is 0 Å². The first kappa shape index (κ1) is 19.2. The number of nitrogens with one attached hydrogen (secondary N) is 1. The molecule has 136 valence electrons. The molecule has 0 fully saturated rings. The summed E-state index contributed by atoms with van der Waals surface area (Å²) in [4.78, 5) is 35.4. The van der Waals surface area contributed by atoms with Crippen LogP contribution in [0.15, 0.2) is 36.4 Å². The molecule has 2 aromatic rings. The number of amides is 1. The Morgan fingerprint density at radius 2 is 1.62 bits per heavy atom. The summed E-state index contributed by atoms with van der Waals surface area (Å²) in [5.74, 6) is -4.19. The number of hydrogen-bond donors (Lipinski definition) is 1. The van der Waals surface area contributed by atoms with Gasteiger partial charge in [0.1, 0.15) is 6.54 Å². The molecule has 0 saturated heterocycles. The summed E-state index contributed by atoms with van der Waals surface area (Å²) in [6.07, 6.45) is 0. The Hall–Kier alpha value is -3.09. The van der Waals surface area contributed by atoms with Crippen LogP contribution in [0.5, 0.6) is 0 Å². The monoisotopic (exact) mass is 361 g/mol. The van der Waals surface area contributed by atoms with Crippen molar-refractivity contribution in [1.29, 1.82) is 0 Å². The van der Waals surface area contributed by atoms with Crippen molar-refractivity contribution in [3.8, 4) is 0 Å². The van der Waals surface area contributed by atoms with E-state index in [2.05, 4.69) is 5.32 Å². The number of hydrogen-bond acceptors (Lipinski definition) is 4. The molecule has 0 radical (unpaired) electrons. The zero-order chi connectivity index (χ0) is 19.3. The molecule has 0 aromatic heterocycles. The zero-order valence-corrected chi connectivity index (χ0v) is 14.3. The Morgan fingerprint density at radius 1 is 0.923 bits per heavy atom. The topological polar surface area (TPSA) is 72.5 Å². The van der Waals surface area contributed by atoms with Gasteiger partial charge in [0.15, 0.2) is 24.0 Å². The second kappa shape index (κ2) is 8.33. The van der Waals surface area contributed by atoms with E-state index < -0.39 is 42.4 Å². The molecule has 1 amide bonds. The number of halogens is 2. The first-order chi connectivity index (χ1) is 12.3. The van der Waals surface area contributed by atoms with Gasteiger partial charge in [0.2, 0.25) is 0 Å². The van der Waals surface area contributed by atoms with Gasteiger partial charge in [-0.2, -0.15) is 0 Å². The van der Waals surface area contributed by atoms with Gasteiger partial charge in [-0.1, -0.05) is 6.07 Å². The number of ether oxygens (including phenoxy) is 1. The van der Waals surface area contributed by atoms with Crippen LogP contribution in [0.1, 0.15) is 31.8 Å². The lowest BCUT2D eigenvalue weighted by atomic mass is 10.1.